The van der Waals surface area contributed by atoms with Gasteiger partial charge in [0.15, 0.2) is 0 Å². The normalized spacial score (nSPS) is 23.3. The molecule has 2 saturated heterocycles. The molecule has 6 aliphatic carbocycles. The van der Waals surface area contributed by atoms with Gasteiger partial charge in [-0.25, -0.2) is 19.7 Å². The number of anilines is 3. The molecule has 17 nitrogen and oxygen atoms in total. The zero-order valence-electron chi connectivity index (χ0n) is 44.2. The number of hydrogen-bond acceptors (Lipinski definition) is 12. The molecule has 4 bridgehead atoms. The molecule has 2 aromatic carbocycles. The topological polar surface area (TPSA) is 199 Å². The van der Waals surface area contributed by atoms with Gasteiger partial charge in [-0.05, 0) is 169 Å². The molecule has 1 atom stereocenters. The van der Waals surface area contributed by atoms with Gasteiger partial charge >= 0.3 is 6.09 Å². The Morgan fingerprint density at radius 1 is 0.716 bits per heavy atom. The lowest BCUT2D eigenvalue weighted by atomic mass is 9.49. The van der Waals surface area contributed by atoms with Crippen molar-refractivity contribution in [3.8, 4) is 0 Å². The molecule has 74 heavy (non-hydrogen) atoms. The number of fused-ring (bicyclic) bond motifs is 2. The summed E-state index contributed by atoms with van der Waals surface area (Å²) in [5, 5.41) is 8.88. The molecule has 3 amide bonds. The van der Waals surface area contributed by atoms with E-state index >= 15 is 0 Å². The van der Waals surface area contributed by atoms with Crippen LogP contribution in [0.2, 0.25) is 0 Å². The van der Waals surface area contributed by atoms with E-state index in [0.717, 1.165) is 129 Å². The highest BCUT2D eigenvalue weighted by Crippen LogP contribution is 2.64. The number of amides is 3. The van der Waals surface area contributed by atoms with Gasteiger partial charge < -0.3 is 44.9 Å². The third-order valence-electron chi connectivity index (χ3n) is 16.1. The first-order valence-corrected chi connectivity index (χ1v) is 27.8. The summed E-state index contributed by atoms with van der Waals surface area (Å²) in [7, 11) is 5.88. The van der Waals surface area contributed by atoms with Crippen LogP contribution in [0.25, 0.3) is 22.1 Å². The molecule has 2 aliphatic heterocycles. The van der Waals surface area contributed by atoms with Crippen molar-refractivity contribution in [2.75, 3.05) is 71.7 Å². The maximum absolute atomic E-state index is 12.9. The van der Waals surface area contributed by atoms with Crippen molar-refractivity contribution in [1.82, 2.24) is 49.1 Å². The monoisotopic (exact) mass is 1020 g/mol. The molecule has 1 unspecified atom stereocenters. The molecule has 392 valence electrons. The van der Waals surface area contributed by atoms with Gasteiger partial charge in [-0.3, -0.25) is 13.8 Å². The van der Waals surface area contributed by atoms with Crippen LogP contribution in [0.15, 0.2) is 78.2 Å². The minimum absolute atomic E-state index is 0.0238. The highest BCUT2D eigenvalue weighted by molar-refractivity contribution is 7.84. The van der Waals surface area contributed by atoms with Crippen LogP contribution in [0.3, 0.4) is 0 Å². The molecule has 0 radical (unpaired) electrons. The summed E-state index contributed by atoms with van der Waals surface area (Å²) in [4.78, 5) is 60.6. The van der Waals surface area contributed by atoms with Crippen LogP contribution in [0.4, 0.5) is 22.1 Å². The van der Waals surface area contributed by atoms with E-state index in [-0.39, 0.29) is 29.0 Å². The number of likely N-dealkylation sites (tertiary alicyclic amines) is 1. The fraction of sp³-hybridized carbons (Fsp3) is 0.518. The molecule has 14 rings (SSSR count). The molecule has 8 fully saturated rings. The van der Waals surface area contributed by atoms with Gasteiger partial charge in [0.05, 0.1) is 10.8 Å². The summed E-state index contributed by atoms with van der Waals surface area (Å²) >= 11 is 0. The van der Waals surface area contributed by atoms with E-state index in [0.29, 0.717) is 28.6 Å². The van der Waals surface area contributed by atoms with Crippen LogP contribution in [-0.4, -0.2) is 132 Å². The zero-order chi connectivity index (χ0) is 52.3. The van der Waals surface area contributed by atoms with Crippen LogP contribution in [0.5, 0.6) is 0 Å². The second-order valence-electron chi connectivity index (χ2n) is 23.1. The lowest BCUT2D eigenvalue weighted by Crippen LogP contribution is -2.60. The number of nitrogens with zero attached hydrogens (tertiary/aromatic N) is 9. The van der Waals surface area contributed by atoms with Gasteiger partial charge in [0.25, 0.3) is 11.8 Å². The number of carbonyl (C=O) groups is 3. The first kappa shape index (κ1) is 51.1. The third-order valence-corrected chi connectivity index (χ3v) is 16.8. The Kier molecular flexibility index (Phi) is 13.8. The predicted molar refractivity (Wildman–Crippen MR) is 289 cm³/mol. The van der Waals surface area contributed by atoms with E-state index in [1.165, 1.54) is 24.0 Å². The second kappa shape index (κ2) is 20.0. The number of carbonyl (C=O) groups excluding carboxylic acids is 3. The van der Waals surface area contributed by atoms with Gasteiger partial charge in [-0.1, -0.05) is 24.3 Å². The van der Waals surface area contributed by atoms with Crippen molar-refractivity contribution < 1.29 is 23.3 Å². The van der Waals surface area contributed by atoms with E-state index in [1.807, 2.05) is 51.2 Å². The maximum Gasteiger partial charge on any atom is 0.410 e. The van der Waals surface area contributed by atoms with Crippen LogP contribution in [0.1, 0.15) is 129 Å². The molecule has 18 heteroatoms. The van der Waals surface area contributed by atoms with E-state index in [4.69, 9.17) is 15.5 Å². The van der Waals surface area contributed by atoms with Gasteiger partial charge in [0.1, 0.15) is 28.3 Å². The number of ether oxygens (including phenoxy) is 1. The summed E-state index contributed by atoms with van der Waals surface area (Å²) in [5.74, 6) is 3.32. The number of rotatable bonds is 9. The average Bonchev–Trinajstić information content (AvgIpc) is 3.88. The molecule has 6 saturated carbocycles. The molecular formula is C56H72N12O5S. The Bertz CT molecular complexity index is 3060. The largest absolute Gasteiger partial charge is 0.444 e. The van der Waals surface area contributed by atoms with Gasteiger partial charge in [0, 0.05) is 93.2 Å². The minimum atomic E-state index is -1.23. The Labute approximate surface area is 436 Å². The summed E-state index contributed by atoms with van der Waals surface area (Å²) in [6.07, 6.45) is 16.0. The predicted octanol–water partition coefficient (Wildman–Crippen LogP) is 8.62. The van der Waals surface area contributed by atoms with Crippen molar-refractivity contribution in [2.24, 2.45) is 11.8 Å². The molecule has 6 aromatic rings. The van der Waals surface area contributed by atoms with E-state index < -0.39 is 16.4 Å². The minimum Gasteiger partial charge on any atom is -0.444 e. The molecule has 4 aromatic heterocycles. The SMILES string of the molecule is CC(C)(C)OC(=O)N1CCC(c2ccc(N)cc2)CC1.CN(C)C(=O)c1cc2cnc(Nc3ccc(C4CCNCC4)cc3)nc2n1C12CC(C1)C2.CN(C)C(=O)c1cc2cnc(S(C)=O)nc2n1C12CC(C1)C2. The molecular weight excluding hydrogens is 953 g/mol. The van der Waals surface area contributed by atoms with Crippen LogP contribution >= 0.6 is 0 Å². The molecule has 8 aliphatic rings. The summed E-state index contributed by atoms with van der Waals surface area (Å²) in [5.41, 5.74) is 12.8. The summed E-state index contributed by atoms with van der Waals surface area (Å²) in [6.45, 7) is 9.38. The van der Waals surface area contributed by atoms with Gasteiger partial charge in [-0.15, -0.1) is 0 Å². The fourth-order valence-corrected chi connectivity index (χ4v) is 12.3. The number of aromatic nitrogens is 6. The first-order valence-electron chi connectivity index (χ1n) is 26.2. The third kappa shape index (κ3) is 10.1. The van der Waals surface area contributed by atoms with Crippen molar-refractivity contribution >= 4 is 68.1 Å². The zero-order valence-corrected chi connectivity index (χ0v) is 45.0. The van der Waals surface area contributed by atoms with Crippen LogP contribution in [0, 0.1) is 11.8 Å². The van der Waals surface area contributed by atoms with E-state index in [1.54, 1.807) is 55.3 Å². The summed E-state index contributed by atoms with van der Waals surface area (Å²) in [6, 6.07) is 20.5. The Morgan fingerprint density at radius 2 is 1.19 bits per heavy atom. The van der Waals surface area contributed by atoms with Crippen molar-refractivity contribution in [3.63, 3.8) is 0 Å². The number of nitrogens with two attached hydrogens (primary N) is 1. The Hall–Kier alpha value is -6.40. The molecule has 0 spiro atoms. The Morgan fingerprint density at radius 3 is 1.65 bits per heavy atom. The number of nitrogen functional groups attached to an aromatic ring is 1. The number of nitrogens with one attached hydrogen (secondary N) is 2. The quantitative estimate of drug-likeness (QED) is 0.0922. The van der Waals surface area contributed by atoms with Crippen LogP contribution in [-0.2, 0) is 26.6 Å². The Balaban J connectivity index is 0.000000132. The van der Waals surface area contributed by atoms with Crippen LogP contribution < -0.4 is 16.4 Å². The van der Waals surface area contributed by atoms with Gasteiger partial charge in [-0.2, -0.15) is 4.98 Å². The second-order valence-corrected chi connectivity index (χ2v) is 24.3. The average molecular weight is 1030 g/mol. The highest BCUT2D eigenvalue weighted by Gasteiger charge is 2.60. The summed E-state index contributed by atoms with van der Waals surface area (Å²) < 4.78 is 21.4. The fourth-order valence-electron chi connectivity index (χ4n) is 11.9. The van der Waals surface area contributed by atoms with Crippen molar-refractivity contribution in [1.29, 1.82) is 0 Å². The van der Waals surface area contributed by atoms with Gasteiger partial charge in [0.2, 0.25) is 11.1 Å². The van der Waals surface area contributed by atoms with E-state index in [2.05, 4.69) is 71.1 Å². The smallest absolute Gasteiger partial charge is 0.410 e. The van der Waals surface area contributed by atoms with E-state index in [9.17, 15) is 18.6 Å². The lowest BCUT2D eigenvalue weighted by molar-refractivity contribution is -0.0871. The van der Waals surface area contributed by atoms with Crippen molar-refractivity contribution in [2.45, 2.75) is 119 Å². The lowest BCUT2D eigenvalue weighted by Gasteiger charge is -2.62. The number of hydrogen-bond donors (Lipinski definition) is 3. The van der Waals surface area contributed by atoms with Crippen molar-refractivity contribution in [3.05, 3.63) is 95.6 Å². The number of piperidine rings is 2. The molecule has 6 heterocycles. The highest BCUT2D eigenvalue weighted by atomic mass is 32.2. The molecule has 4 N–H and O–H groups in total. The standard InChI is InChI=1S/C25H30N6O.C16H24N2O2.C15H18N4O2S/c1-30(2)23(32)21-11-19-15-27-24(29-22(19)31(21)25-12-16(13-25)14-25)28-20-5-3-17(4-6-20)18-7-9-26-10-8-18;1-16(2,3)20-15(19)18-10-8-13(9-11-18)12-4-6-14(17)7-5-12;1-18(2)13(20)11-4-10-8-16-14(22(3)21)17-12(10)19(11)15-5-9(6-15)7-15/h3-6,11,15-16,18,26H,7-10,12-14H2,1-2H3,(H,27,28,29);4-7,13H,8-11,17H2,1-3H3;4,8-9H,5-7H2,1-3H3. The maximum atomic E-state index is 12.9. The first-order chi connectivity index (χ1) is 35.3. The number of benzene rings is 2.